The Balaban J connectivity index is 2.39. The van der Waals surface area contributed by atoms with Crippen molar-refractivity contribution in [1.82, 2.24) is 4.90 Å². The van der Waals surface area contributed by atoms with Gasteiger partial charge >= 0.3 is 0 Å². The van der Waals surface area contributed by atoms with Gasteiger partial charge in [0.2, 0.25) is 0 Å². The van der Waals surface area contributed by atoms with Crippen molar-refractivity contribution in [3.63, 3.8) is 0 Å². The molecule has 16 heavy (non-hydrogen) atoms. The fraction of sp³-hybridized carbons (Fsp3) is 1.00. The van der Waals surface area contributed by atoms with Crippen molar-refractivity contribution in [2.24, 2.45) is 11.1 Å². The molecule has 1 atom stereocenters. The second-order valence-electron chi connectivity index (χ2n) is 6.12. The zero-order chi connectivity index (χ0) is 12.0. The summed E-state index contributed by atoms with van der Waals surface area (Å²) in [6.45, 7) is 10.4. The van der Waals surface area contributed by atoms with Gasteiger partial charge in [0.25, 0.3) is 0 Å². The molecule has 1 rings (SSSR count). The summed E-state index contributed by atoms with van der Waals surface area (Å²) in [6.07, 6.45) is 8.01. The summed E-state index contributed by atoms with van der Waals surface area (Å²) in [7, 11) is 0. The predicted octanol–water partition coefficient (Wildman–Crippen LogP) is 3.02. The van der Waals surface area contributed by atoms with Gasteiger partial charge in [-0.05, 0) is 31.2 Å². The molecule has 1 fully saturated rings. The molecule has 2 nitrogen and oxygen atoms in total. The third-order valence-corrected chi connectivity index (χ3v) is 3.86. The lowest BCUT2D eigenvalue weighted by atomic mass is 9.83. The van der Waals surface area contributed by atoms with E-state index >= 15 is 0 Å². The number of likely N-dealkylation sites (tertiary alicyclic amines) is 1. The molecule has 0 spiro atoms. The van der Waals surface area contributed by atoms with E-state index in [1.165, 1.54) is 51.6 Å². The van der Waals surface area contributed by atoms with Gasteiger partial charge in [0.15, 0.2) is 0 Å². The van der Waals surface area contributed by atoms with Crippen molar-refractivity contribution < 1.29 is 0 Å². The average molecular weight is 226 g/mol. The molecule has 0 bridgehead atoms. The summed E-state index contributed by atoms with van der Waals surface area (Å²) in [5, 5.41) is 0. The van der Waals surface area contributed by atoms with Crippen LogP contribution in [-0.2, 0) is 0 Å². The van der Waals surface area contributed by atoms with Crippen LogP contribution in [-0.4, -0.2) is 30.6 Å². The zero-order valence-electron chi connectivity index (χ0n) is 11.5. The van der Waals surface area contributed by atoms with Crippen molar-refractivity contribution in [3.8, 4) is 0 Å². The van der Waals surface area contributed by atoms with Gasteiger partial charge < -0.3 is 5.73 Å². The van der Waals surface area contributed by atoms with Gasteiger partial charge in [-0.25, -0.2) is 0 Å². The lowest BCUT2D eigenvalue weighted by Crippen LogP contribution is -2.48. The highest BCUT2D eigenvalue weighted by molar-refractivity contribution is 4.84. The third-order valence-electron chi connectivity index (χ3n) is 3.86. The summed E-state index contributed by atoms with van der Waals surface area (Å²) < 4.78 is 0. The highest BCUT2D eigenvalue weighted by atomic mass is 15.2. The van der Waals surface area contributed by atoms with E-state index in [2.05, 4.69) is 25.7 Å². The Morgan fingerprint density at radius 3 is 2.62 bits per heavy atom. The van der Waals surface area contributed by atoms with Gasteiger partial charge in [-0.15, -0.1) is 0 Å². The molecular weight excluding hydrogens is 196 g/mol. The number of hydrogen-bond donors (Lipinski definition) is 1. The fourth-order valence-electron chi connectivity index (χ4n) is 2.86. The minimum absolute atomic E-state index is 0.496. The number of unbranched alkanes of at least 4 members (excludes halogenated alkanes) is 2. The molecule has 96 valence electrons. The van der Waals surface area contributed by atoms with E-state index < -0.39 is 0 Å². The maximum Gasteiger partial charge on any atom is 0.0218 e. The van der Waals surface area contributed by atoms with E-state index in [0.717, 1.165) is 6.54 Å². The molecule has 1 aliphatic heterocycles. The first-order valence-electron chi connectivity index (χ1n) is 7.03. The Bertz CT molecular complexity index is 189. The first-order valence-corrected chi connectivity index (χ1v) is 7.03. The van der Waals surface area contributed by atoms with Crippen molar-refractivity contribution >= 4 is 0 Å². The molecule has 0 radical (unpaired) electrons. The van der Waals surface area contributed by atoms with Crippen LogP contribution in [0.3, 0.4) is 0 Å². The van der Waals surface area contributed by atoms with Gasteiger partial charge in [-0.2, -0.15) is 0 Å². The number of piperidine rings is 1. The third kappa shape index (κ3) is 4.42. The molecule has 0 amide bonds. The Labute approximate surface area is 102 Å². The summed E-state index contributed by atoms with van der Waals surface area (Å²) in [5.74, 6) is 0. The van der Waals surface area contributed by atoms with E-state index in [0.29, 0.717) is 11.5 Å². The SMILES string of the molecule is CCCCCC(CN)N1CCCC(C)(C)C1. The van der Waals surface area contributed by atoms with Crippen molar-refractivity contribution in [2.75, 3.05) is 19.6 Å². The summed E-state index contributed by atoms with van der Waals surface area (Å²) >= 11 is 0. The van der Waals surface area contributed by atoms with E-state index in [1.54, 1.807) is 0 Å². The smallest absolute Gasteiger partial charge is 0.0218 e. The lowest BCUT2D eigenvalue weighted by Gasteiger charge is -2.42. The number of nitrogens with two attached hydrogens (primary N) is 1. The molecule has 0 aromatic rings. The number of hydrogen-bond acceptors (Lipinski definition) is 2. The molecule has 1 aliphatic rings. The molecule has 2 N–H and O–H groups in total. The van der Waals surface area contributed by atoms with Crippen molar-refractivity contribution in [2.45, 2.75) is 65.3 Å². The molecule has 2 heteroatoms. The normalized spacial score (nSPS) is 23.2. The van der Waals surface area contributed by atoms with Crippen LogP contribution in [0.1, 0.15) is 59.3 Å². The van der Waals surface area contributed by atoms with Crippen LogP contribution >= 0.6 is 0 Å². The quantitative estimate of drug-likeness (QED) is 0.705. The second kappa shape index (κ2) is 6.61. The Kier molecular flexibility index (Phi) is 5.77. The van der Waals surface area contributed by atoms with Gasteiger partial charge in [0.1, 0.15) is 0 Å². The first kappa shape index (κ1) is 14.0. The minimum atomic E-state index is 0.496. The zero-order valence-corrected chi connectivity index (χ0v) is 11.5. The van der Waals surface area contributed by atoms with Crippen LogP contribution in [0.15, 0.2) is 0 Å². The van der Waals surface area contributed by atoms with Crippen LogP contribution < -0.4 is 5.73 Å². The van der Waals surface area contributed by atoms with Gasteiger partial charge in [-0.1, -0.05) is 40.0 Å². The van der Waals surface area contributed by atoms with Crippen LogP contribution in [0.5, 0.6) is 0 Å². The highest BCUT2D eigenvalue weighted by Gasteiger charge is 2.29. The second-order valence-corrected chi connectivity index (χ2v) is 6.12. The summed E-state index contributed by atoms with van der Waals surface area (Å²) in [4.78, 5) is 2.64. The summed E-state index contributed by atoms with van der Waals surface area (Å²) in [5.41, 5.74) is 6.43. The van der Waals surface area contributed by atoms with Gasteiger partial charge in [0, 0.05) is 19.1 Å². The van der Waals surface area contributed by atoms with Crippen molar-refractivity contribution in [3.05, 3.63) is 0 Å². The van der Waals surface area contributed by atoms with Crippen LogP contribution in [0.4, 0.5) is 0 Å². The Hall–Kier alpha value is -0.0800. The fourth-order valence-corrected chi connectivity index (χ4v) is 2.86. The molecule has 0 aromatic heterocycles. The van der Waals surface area contributed by atoms with Gasteiger partial charge in [0.05, 0.1) is 0 Å². The van der Waals surface area contributed by atoms with Gasteiger partial charge in [-0.3, -0.25) is 4.90 Å². The standard InChI is InChI=1S/C14H30N2/c1-4-5-6-8-13(11-15)16-10-7-9-14(2,3)12-16/h13H,4-12,15H2,1-3H3. The number of rotatable bonds is 6. The average Bonchev–Trinajstić information content (AvgIpc) is 2.23. The van der Waals surface area contributed by atoms with E-state index in [1.807, 2.05) is 0 Å². The largest absolute Gasteiger partial charge is 0.329 e. The predicted molar refractivity (Wildman–Crippen MR) is 71.6 cm³/mol. The molecule has 0 saturated carbocycles. The highest BCUT2D eigenvalue weighted by Crippen LogP contribution is 2.30. The van der Waals surface area contributed by atoms with E-state index in [4.69, 9.17) is 5.73 Å². The Morgan fingerprint density at radius 1 is 1.31 bits per heavy atom. The topological polar surface area (TPSA) is 29.3 Å². The minimum Gasteiger partial charge on any atom is -0.329 e. The monoisotopic (exact) mass is 226 g/mol. The van der Waals surface area contributed by atoms with E-state index in [9.17, 15) is 0 Å². The molecule has 0 aliphatic carbocycles. The number of nitrogens with zero attached hydrogens (tertiary/aromatic N) is 1. The van der Waals surface area contributed by atoms with Crippen molar-refractivity contribution in [1.29, 1.82) is 0 Å². The molecule has 1 saturated heterocycles. The molecule has 1 unspecified atom stereocenters. The Morgan fingerprint density at radius 2 is 2.06 bits per heavy atom. The van der Waals surface area contributed by atoms with Crippen LogP contribution in [0, 0.1) is 5.41 Å². The van der Waals surface area contributed by atoms with Crippen LogP contribution in [0.2, 0.25) is 0 Å². The lowest BCUT2D eigenvalue weighted by molar-refractivity contribution is 0.0762. The molecule has 1 heterocycles. The maximum absolute atomic E-state index is 5.93. The molecule has 0 aromatic carbocycles. The van der Waals surface area contributed by atoms with E-state index in [-0.39, 0.29) is 0 Å². The van der Waals surface area contributed by atoms with Crippen LogP contribution in [0.25, 0.3) is 0 Å². The maximum atomic E-state index is 5.93. The first-order chi connectivity index (χ1) is 7.59. The summed E-state index contributed by atoms with van der Waals surface area (Å²) in [6, 6.07) is 0.631. The molecular formula is C14H30N2.